The topological polar surface area (TPSA) is 49.8 Å². The van der Waals surface area contributed by atoms with E-state index in [2.05, 4.69) is 51.4 Å². The lowest BCUT2D eigenvalue weighted by Gasteiger charge is -2.35. The zero-order chi connectivity index (χ0) is 18.4. The molecule has 0 bridgehead atoms. The molecule has 2 heterocycles. The molecule has 1 fully saturated rings. The van der Waals surface area contributed by atoms with Crippen LogP contribution in [0.4, 0.5) is 0 Å². The number of hydrogen-bond acceptors (Lipinski definition) is 3. The molecule has 0 spiro atoms. The minimum Gasteiger partial charge on any atom is -0.370 e. The van der Waals surface area contributed by atoms with Crippen molar-refractivity contribution in [3.05, 3.63) is 64.4 Å². The van der Waals surface area contributed by atoms with Crippen LogP contribution in [0.3, 0.4) is 0 Å². The van der Waals surface area contributed by atoms with Crippen LogP contribution in [0.1, 0.15) is 22.8 Å². The number of benzene rings is 1. The summed E-state index contributed by atoms with van der Waals surface area (Å²) in [5.41, 5.74) is 3.66. The Bertz CT molecular complexity index is 754. The van der Waals surface area contributed by atoms with Crippen molar-refractivity contribution in [2.24, 2.45) is 4.99 Å². The predicted molar refractivity (Wildman–Crippen MR) is 121 cm³/mol. The first-order valence-corrected chi connectivity index (χ1v) is 9.28. The van der Waals surface area contributed by atoms with E-state index in [0.29, 0.717) is 11.8 Å². The fourth-order valence-corrected chi connectivity index (χ4v) is 3.29. The van der Waals surface area contributed by atoms with Crippen molar-refractivity contribution in [2.75, 3.05) is 33.3 Å². The minimum absolute atomic E-state index is 0. The zero-order valence-electron chi connectivity index (χ0n) is 15.7. The number of rotatable bonds is 4. The van der Waals surface area contributed by atoms with Gasteiger partial charge in [0.1, 0.15) is 11.3 Å². The maximum absolute atomic E-state index is 6.01. The molecule has 1 aliphatic heterocycles. The van der Waals surface area contributed by atoms with E-state index in [4.69, 9.17) is 16.3 Å². The van der Waals surface area contributed by atoms with E-state index in [1.54, 1.807) is 0 Å². The van der Waals surface area contributed by atoms with Crippen LogP contribution in [0.5, 0.6) is 0 Å². The molecule has 1 aliphatic rings. The zero-order valence-corrected chi connectivity index (χ0v) is 18.8. The van der Waals surface area contributed by atoms with Crippen LogP contribution in [0.15, 0.2) is 47.6 Å². The summed E-state index contributed by atoms with van der Waals surface area (Å²) in [5.74, 6) is 0.911. The van der Waals surface area contributed by atoms with Crippen LogP contribution in [0.2, 0.25) is 5.15 Å². The molecule has 0 radical (unpaired) electrons. The number of halogens is 2. The number of aliphatic imine (C=N–C) groups is 1. The summed E-state index contributed by atoms with van der Waals surface area (Å²) in [4.78, 5) is 10.8. The fourth-order valence-electron chi connectivity index (χ4n) is 3.18. The van der Waals surface area contributed by atoms with Crippen LogP contribution >= 0.6 is 35.6 Å². The number of guanidine groups is 1. The van der Waals surface area contributed by atoms with E-state index in [0.717, 1.165) is 37.6 Å². The van der Waals surface area contributed by atoms with Gasteiger partial charge in [0, 0.05) is 26.3 Å². The number of ether oxygens (including phenoxy) is 1. The van der Waals surface area contributed by atoms with E-state index in [1.165, 1.54) is 11.1 Å². The van der Waals surface area contributed by atoms with Gasteiger partial charge in [0.15, 0.2) is 5.96 Å². The third kappa shape index (κ3) is 6.05. The lowest BCUT2D eigenvalue weighted by Crippen LogP contribution is -2.48. The number of aryl methyl sites for hydroxylation is 1. The monoisotopic (exact) mass is 500 g/mol. The molecule has 0 aliphatic carbocycles. The SMILES string of the molecule is CN=C(NCCc1ccc(Cl)nc1)N1CCOC(c2ccccc2C)C1.I. The maximum atomic E-state index is 6.01. The highest BCUT2D eigenvalue weighted by atomic mass is 127. The standard InChI is InChI=1S/C20H25ClN4O.HI/c1-15-5-3-4-6-17(15)18-14-25(11-12-26-18)20(22-2)23-10-9-16-7-8-19(21)24-13-16;/h3-8,13,18H,9-12,14H2,1-2H3,(H,22,23);1H. The average Bonchev–Trinajstić information content (AvgIpc) is 2.67. The van der Waals surface area contributed by atoms with Gasteiger partial charge in [-0.1, -0.05) is 41.9 Å². The molecule has 146 valence electrons. The van der Waals surface area contributed by atoms with Crippen molar-refractivity contribution in [2.45, 2.75) is 19.4 Å². The van der Waals surface area contributed by atoms with Crippen LogP contribution in [-0.4, -0.2) is 49.1 Å². The maximum Gasteiger partial charge on any atom is 0.193 e. The van der Waals surface area contributed by atoms with Gasteiger partial charge in [0.05, 0.1) is 13.2 Å². The second kappa shape index (κ2) is 10.8. The van der Waals surface area contributed by atoms with Crippen LogP contribution in [0.25, 0.3) is 0 Å². The van der Waals surface area contributed by atoms with Crippen molar-refractivity contribution in [1.82, 2.24) is 15.2 Å². The van der Waals surface area contributed by atoms with Gasteiger partial charge >= 0.3 is 0 Å². The molecule has 1 aromatic heterocycles. The number of nitrogens with one attached hydrogen (secondary N) is 1. The molecule has 1 aromatic carbocycles. The molecule has 7 heteroatoms. The summed E-state index contributed by atoms with van der Waals surface area (Å²) in [6, 6.07) is 12.2. The van der Waals surface area contributed by atoms with Gasteiger partial charge in [0.2, 0.25) is 0 Å². The molecule has 1 atom stereocenters. The predicted octanol–water partition coefficient (Wildman–Crippen LogP) is 3.85. The summed E-state index contributed by atoms with van der Waals surface area (Å²) < 4.78 is 6.01. The Balaban J connectivity index is 0.00000261. The third-order valence-corrected chi connectivity index (χ3v) is 4.82. The van der Waals surface area contributed by atoms with Crippen LogP contribution < -0.4 is 5.32 Å². The van der Waals surface area contributed by atoms with Gasteiger partial charge in [-0.05, 0) is 36.1 Å². The third-order valence-electron chi connectivity index (χ3n) is 4.60. The quantitative estimate of drug-likeness (QED) is 0.300. The Labute approximate surface area is 183 Å². The number of hydrogen-bond donors (Lipinski definition) is 1. The summed E-state index contributed by atoms with van der Waals surface area (Å²) in [5, 5.41) is 3.97. The van der Waals surface area contributed by atoms with Gasteiger partial charge in [-0.3, -0.25) is 4.99 Å². The first-order chi connectivity index (χ1) is 12.7. The second-order valence-corrected chi connectivity index (χ2v) is 6.76. The van der Waals surface area contributed by atoms with E-state index >= 15 is 0 Å². The van der Waals surface area contributed by atoms with E-state index in [9.17, 15) is 0 Å². The molecule has 1 N–H and O–H groups in total. The molecule has 27 heavy (non-hydrogen) atoms. The highest BCUT2D eigenvalue weighted by Crippen LogP contribution is 2.24. The van der Waals surface area contributed by atoms with Gasteiger partial charge in [-0.15, -0.1) is 24.0 Å². The second-order valence-electron chi connectivity index (χ2n) is 6.38. The Morgan fingerprint density at radius 3 is 2.85 bits per heavy atom. The highest BCUT2D eigenvalue weighted by molar-refractivity contribution is 14.0. The summed E-state index contributed by atoms with van der Waals surface area (Å²) in [6.07, 6.45) is 2.76. The van der Waals surface area contributed by atoms with Crippen molar-refractivity contribution < 1.29 is 4.74 Å². The summed E-state index contributed by atoms with van der Waals surface area (Å²) in [6.45, 7) is 5.26. The van der Waals surface area contributed by atoms with E-state index < -0.39 is 0 Å². The smallest absolute Gasteiger partial charge is 0.193 e. The van der Waals surface area contributed by atoms with Crippen LogP contribution in [-0.2, 0) is 11.2 Å². The van der Waals surface area contributed by atoms with E-state index in [-0.39, 0.29) is 30.1 Å². The number of pyridine rings is 1. The summed E-state index contributed by atoms with van der Waals surface area (Å²) in [7, 11) is 1.82. The number of nitrogens with zero attached hydrogens (tertiary/aromatic N) is 3. The Morgan fingerprint density at radius 1 is 1.33 bits per heavy atom. The first kappa shape index (κ1) is 21.9. The molecular formula is C20H26ClIN4O. The van der Waals surface area contributed by atoms with Crippen molar-refractivity contribution >= 4 is 41.5 Å². The first-order valence-electron chi connectivity index (χ1n) is 8.90. The van der Waals surface area contributed by atoms with Crippen LogP contribution in [0, 0.1) is 6.92 Å². The molecule has 3 rings (SSSR count). The Kier molecular flexibility index (Phi) is 8.79. The molecule has 2 aromatic rings. The van der Waals surface area contributed by atoms with Gasteiger partial charge < -0.3 is 15.0 Å². The number of morpholine rings is 1. The highest BCUT2D eigenvalue weighted by Gasteiger charge is 2.24. The fraction of sp³-hybridized carbons (Fsp3) is 0.400. The number of aromatic nitrogens is 1. The Hall–Kier alpha value is -1.38. The molecule has 0 amide bonds. The normalized spacial score (nSPS) is 17.4. The van der Waals surface area contributed by atoms with Crippen molar-refractivity contribution in [3.63, 3.8) is 0 Å². The lowest BCUT2D eigenvalue weighted by molar-refractivity contribution is -0.00829. The molecular weight excluding hydrogens is 475 g/mol. The van der Waals surface area contributed by atoms with Gasteiger partial charge in [-0.2, -0.15) is 0 Å². The van der Waals surface area contributed by atoms with Crippen molar-refractivity contribution in [3.8, 4) is 0 Å². The molecule has 0 saturated carbocycles. The summed E-state index contributed by atoms with van der Waals surface area (Å²) >= 11 is 5.83. The minimum atomic E-state index is 0. The van der Waals surface area contributed by atoms with Crippen molar-refractivity contribution in [1.29, 1.82) is 0 Å². The van der Waals surface area contributed by atoms with E-state index in [1.807, 2.05) is 25.4 Å². The van der Waals surface area contributed by atoms with Gasteiger partial charge in [-0.25, -0.2) is 4.98 Å². The molecule has 5 nitrogen and oxygen atoms in total. The lowest BCUT2D eigenvalue weighted by atomic mass is 10.0. The largest absolute Gasteiger partial charge is 0.370 e. The molecule has 1 saturated heterocycles. The molecule has 1 unspecified atom stereocenters. The van der Waals surface area contributed by atoms with Gasteiger partial charge in [0.25, 0.3) is 0 Å². The Morgan fingerprint density at radius 2 is 2.15 bits per heavy atom. The average molecular weight is 501 g/mol.